The third-order valence-electron chi connectivity index (χ3n) is 7.61. The molecule has 1 aromatic rings. The van der Waals surface area contributed by atoms with E-state index in [4.69, 9.17) is 4.74 Å². The number of hydrogen-bond donors (Lipinski definition) is 4. The van der Waals surface area contributed by atoms with Crippen LogP contribution < -0.4 is 16.0 Å². The molecule has 8 nitrogen and oxygen atoms in total. The second-order valence-electron chi connectivity index (χ2n) is 10.2. The van der Waals surface area contributed by atoms with Crippen molar-refractivity contribution in [3.63, 3.8) is 0 Å². The van der Waals surface area contributed by atoms with Crippen LogP contribution in [0.1, 0.15) is 70.4 Å². The first-order valence-corrected chi connectivity index (χ1v) is 12.7. The highest BCUT2D eigenvalue weighted by Gasteiger charge is 2.39. The Balaban J connectivity index is 1.21. The molecule has 2 saturated carbocycles. The molecule has 0 bridgehead atoms. The average Bonchev–Trinajstić information content (AvgIpc) is 3.33. The number of nitrogens with zero attached hydrogens (tertiary/aromatic N) is 2. The Hall–Kier alpha value is -1.98. The van der Waals surface area contributed by atoms with Gasteiger partial charge < -0.3 is 25.8 Å². The topological polar surface area (TPSA) is 108 Å². The predicted molar refractivity (Wildman–Crippen MR) is 124 cm³/mol. The minimum Gasteiger partial charge on any atom is -0.390 e. The quantitative estimate of drug-likeness (QED) is 0.457. The summed E-state index contributed by atoms with van der Waals surface area (Å²) in [7, 11) is 0. The molecule has 2 aliphatic carbocycles. The maximum absolute atomic E-state index is 12.9. The van der Waals surface area contributed by atoms with Gasteiger partial charge in [0.2, 0.25) is 5.91 Å². The number of halogens is 3. The highest BCUT2D eigenvalue weighted by atomic mass is 19.4. The lowest BCUT2D eigenvalue weighted by Gasteiger charge is -2.39. The molecule has 1 saturated heterocycles. The number of carbonyl (C=O) groups is 1. The van der Waals surface area contributed by atoms with Crippen molar-refractivity contribution in [2.75, 3.05) is 11.9 Å². The Bertz CT molecular complexity index is 844. The summed E-state index contributed by atoms with van der Waals surface area (Å²) >= 11 is 0. The van der Waals surface area contributed by atoms with E-state index in [-0.39, 0.29) is 36.7 Å². The average molecular weight is 500 g/mol. The molecule has 196 valence electrons. The summed E-state index contributed by atoms with van der Waals surface area (Å²) in [5, 5.41) is 20.5. The van der Waals surface area contributed by atoms with Gasteiger partial charge in [-0.3, -0.25) is 9.78 Å². The summed E-state index contributed by atoms with van der Waals surface area (Å²) in [6, 6.07) is 0.847. The van der Waals surface area contributed by atoms with E-state index in [1.54, 1.807) is 6.92 Å². The molecule has 4 N–H and O–H groups in total. The Morgan fingerprint density at radius 1 is 1.09 bits per heavy atom. The summed E-state index contributed by atoms with van der Waals surface area (Å²) < 4.78 is 44.4. The monoisotopic (exact) mass is 499 g/mol. The van der Waals surface area contributed by atoms with Crippen molar-refractivity contribution in [3.8, 4) is 0 Å². The van der Waals surface area contributed by atoms with E-state index in [0.717, 1.165) is 25.7 Å². The molecule has 2 heterocycles. The van der Waals surface area contributed by atoms with Crippen LogP contribution in [0.15, 0.2) is 12.4 Å². The number of alkyl halides is 3. The van der Waals surface area contributed by atoms with Crippen molar-refractivity contribution < 1.29 is 27.8 Å². The Morgan fingerprint density at radius 2 is 1.74 bits per heavy atom. The van der Waals surface area contributed by atoms with E-state index in [1.165, 1.54) is 31.9 Å². The first-order valence-electron chi connectivity index (χ1n) is 12.7. The van der Waals surface area contributed by atoms with Crippen molar-refractivity contribution in [1.82, 2.24) is 20.6 Å². The third kappa shape index (κ3) is 7.04. The van der Waals surface area contributed by atoms with Crippen LogP contribution in [-0.2, 0) is 15.7 Å². The molecule has 0 aromatic carbocycles. The second-order valence-corrected chi connectivity index (χ2v) is 10.2. The zero-order valence-electron chi connectivity index (χ0n) is 20.1. The summed E-state index contributed by atoms with van der Waals surface area (Å²) in [5.41, 5.74) is -1.09. The van der Waals surface area contributed by atoms with Crippen LogP contribution in [0.25, 0.3) is 0 Å². The van der Waals surface area contributed by atoms with Gasteiger partial charge in [0.25, 0.3) is 0 Å². The number of aromatic nitrogens is 2. The molecular weight excluding hydrogens is 463 g/mol. The number of anilines is 1. The van der Waals surface area contributed by atoms with Gasteiger partial charge in [0, 0.05) is 24.0 Å². The van der Waals surface area contributed by atoms with Crippen molar-refractivity contribution in [3.05, 3.63) is 18.1 Å². The number of amides is 1. The molecule has 4 rings (SSSR count). The molecule has 3 fully saturated rings. The van der Waals surface area contributed by atoms with E-state index < -0.39 is 30.1 Å². The number of aliphatic hydroxyl groups is 1. The summed E-state index contributed by atoms with van der Waals surface area (Å²) in [4.78, 5) is 19.8. The molecule has 1 aromatic heterocycles. The number of ether oxygens (including phenoxy) is 1. The normalized spacial score (nSPS) is 32.4. The number of carbonyl (C=O) groups excluding carboxylic acids is 1. The van der Waals surface area contributed by atoms with Crippen molar-refractivity contribution in [1.29, 1.82) is 0 Å². The standard InChI is InChI=1S/C24H36F3N5O3/c1-14-18(31-21-12-28-11-20(32-21)24(25,26)27)13-35-19(23(14)34)10-22(33)30-17-8-6-16(7-9-17)29-15-4-2-3-5-15/h11-12,14-19,23,29,34H,2-10,13H2,1H3,(H,30,33)(H,31,32)/t14-,16?,17?,18+,19-,23-/m1/s1. The number of hydrogen-bond acceptors (Lipinski definition) is 7. The van der Waals surface area contributed by atoms with Crippen molar-refractivity contribution in [2.24, 2.45) is 5.92 Å². The largest absolute Gasteiger partial charge is 0.434 e. The molecule has 1 amide bonds. The van der Waals surface area contributed by atoms with Gasteiger partial charge in [-0.25, -0.2) is 4.98 Å². The highest BCUT2D eigenvalue weighted by molar-refractivity contribution is 5.76. The molecule has 35 heavy (non-hydrogen) atoms. The van der Waals surface area contributed by atoms with E-state index in [0.29, 0.717) is 18.3 Å². The van der Waals surface area contributed by atoms with Crippen LogP contribution in [0.2, 0.25) is 0 Å². The summed E-state index contributed by atoms with van der Waals surface area (Å²) in [6.07, 6.45) is 4.82. The van der Waals surface area contributed by atoms with E-state index in [9.17, 15) is 23.1 Å². The minimum absolute atomic E-state index is 0.0401. The molecule has 3 aliphatic rings. The zero-order valence-corrected chi connectivity index (χ0v) is 20.1. The molecule has 0 unspecified atom stereocenters. The molecule has 0 radical (unpaired) electrons. The SMILES string of the molecule is C[C@H]1[C@@H](O)[C@@H](CC(=O)NC2CCC(NC3CCCC3)CC2)OC[C@@H]1Nc1cncc(C(F)(F)F)n1. The summed E-state index contributed by atoms with van der Waals surface area (Å²) in [5.74, 6) is -0.555. The van der Waals surface area contributed by atoms with E-state index in [1.807, 2.05) is 0 Å². The van der Waals surface area contributed by atoms with Gasteiger partial charge in [-0.15, -0.1) is 0 Å². The van der Waals surface area contributed by atoms with Gasteiger partial charge in [-0.2, -0.15) is 13.2 Å². The van der Waals surface area contributed by atoms with Gasteiger partial charge in [-0.1, -0.05) is 19.8 Å². The molecule has 4 atom stereocenters. The Kier molecular flexibility index (Phi) is 8.49. The Morgan fingerprint density at radius 3 is 2.43 bits per heavy atom. The number of rotatable bonds is 7. The maximum atomic E-state index is 12.9. The van der Waals surface area contributed by atoms with Gasteiger partial charge in [-0.05, 0) is 38.5 Å². The van der Waals surface area contributed by atoms with Crippen LogP contribution in [0.3, 0.4) is 0 Å². The lowest BCUT2D eigenvalue weighted by molar-refractivity contribution is -0.141. The first kappa shape index (κ1) is 26.1. The molecule has 0 spiro atoms. The molecule has 1 aliphatic heterocycles. The van der Waals surface area contributed by atoms with Crippen molar-refractivity contribution >= 4 is 11.7 Å². The van der Waals surface area contributed by atoms with Crippen LogP contribution >= 0.6 is 0 Å². The van der Waals surface area contributed by atoms with Gasteiger partial charge >= 0.3 is 6.18 Å². The lowest BCUT2D eigenvalue weighted by atomic mass is 9.88. The van der Waals surface area contributed by atoms with Gasteiger partial charge in [0.05, 0.1) is 43.7 Å². The smallest absolute Gasteiger partial charge is 0.390 e. The highest BCUT2D eigenvalue weighted by Crippen LogP contribution is 2.29. The van der Waals surface area contributed by atoms with Gasteiger partial charge in [0.1, 0.15) is 5.82 Å². The van der Waals surface area contributed by atoms with Crippen LogP contribution in [0.5, 0.6) is 0 Å². The van der Waals surface area contributed by atoms with E-state index >= 15 is 0 Å². The zero-order chi connectivity index (χ0) is 25.0. The van der Waals surface area contributed by atoms with E-state index in [2.05, 4.69) is 25.9 Å². The molecule has 11 heteroatoms. The van der Waals surface area contributed by atoms with Gasteiger partial charge in [0.15, 0.2) is 5.69 Å². The van der Waals surface area contributed by atoms with Crippen molar-refractivity contribution in [2.45, 2.75) is 107 Å². The lowest BCUT2D eigenvalue weighted by Crippen LogP contribution is -2.52. The number of aliphatic hydroxyl groups excluding tert-OH is 1. The van der Waals surface area contributed by atoms with Crippen LogP contribution in [-0.4, -0.2) is 64.0 Å². The Labute approximate surface area is 203 Å². The fraction of sp³-hybridized carbons (Fsp3) is 0.792. The maximum Gasteiger partial charge on any atom is 0.434 e. The fourth-order valence-corrected chi connectivity index (χ4v) is 5.47. The van der Waals surface area contributed by atoms with Crippen LogP contribution in [0.4, 0.5) is 19.0 Å². The third-order valence-corrected chi connectivity index (χ3v) is 7.61. The fourth-order valence-electron chi connectivity index (χ4n) is 5.47. The summed E-state index contributed by atoms with van der Waals surface area (Å²) in [6.45, 7) is 1.90. The second kappa shape index (κ2) is 11.4. The number of nitrogens with one attached hydrogen (secondary N) is 3. The first-order chi connectivity index (χ1) is 16.7. The van der Waals surface area contributed by atoms with Crippen LogP contribution in [0, 0.1) is 5.92 Å². The molecular formula is C24H36F3N5O3. The predicted octanol–water partition coefficient (Wildman–Crippen LogP) is 3.02. The minimum atomic E-state index is -4.59.